The number of ether oxygens (including phenoxy) is 1. The summed E-state index contributed by atoms with van der Waals surface area (Å²) in [5.41, 5.74) is 1.87. The van der Waals surface area contributed by atoms with Gasteiger partial charge in [0.05, 0.1) is 12.8 Å². The maximum absolute atomic E-state index is 9.95. The lowest BCUT2D eigenvalue weighted by Crippen LogP contribution is -2.15. The van der Waals surface area contributed by atoms with Crippen molar-refractivity contribution in [3.05, 3.63) is 47.7 Å². The van der Waals surface area contributed by atoms with E-state index in [0.717, 1.165) is 17.1 Å². The molecule has 0 atom stereocenters. The SMILES string of the molecule is COc1cccc(CNc2cccc(C)[nH+]2)c1O. The predicted molar refractivity (Wildman–Crippen MR) is 69.7 cm³/mol. The van der Waals surface area contributed by atoms with Gasteiger partial charge in [-0.25, -0.2) is 4.98 Å². The largest absolute Gasteiger partial charge is 0.504 e. The van der Waals surface area contributed by atoms with Gasteiger partial charge in [-0.1, -0.05) is 18.2 Å². The van der Waals surface area contributed by atoms with Gasteiger partial charge in [-0.15, -0.1) is 0 Å². The van der Waals surface area contributed by atoms with E-state index in [2.05, 4.69) is 10.3 Å². The Morgan fingerprint density at radius 2 is 2.00 bits per heavy atom. The van der Waals surface area contributed by atoms with E-state index in [1.807, 2.05) is 37.3 Å². The monoisotopic (exact) mass is 245 g/mol. The number of benzene rings is 1. The fourth-order valence-corrected chi connectivity index (χ4v) is 1.75. The number of rotatable bonds is 4. The van der Waals surface area contributed by atoms with Gasteiger partial charge >= 0.3 is 0 Å². The number of phenolic OH excluding ortho intramolecular Hbond substituents is 1. The zero-order chi connectivity index (χ0) is 13.0. The van der Waals surface area contributed by atoms with Crippen molar-refractivity contribution in [1.82, 2.24) is 0 Å². The summed E-state index contributed by atoms with van der Waals surface area (Å²) < 4.78 is 5.07. The van der Waals surface area contributed by atoms with Crippen LogP contribution in [0.5, 0.6) is 11.5 Å². The number of aromatic amines is 1. The number of para-hydroxylation sites is 1. The molecule has 2 rings (SSSR count). The van der Waals surface area contributed by atoms with Gasteiger partial charge in [0.1, 0.15) is 6.54 Å². The molecule has 0 aliphatic heterocycles. The molecule has 0 fully saturated rings. The van der Waals surface area contributed by atoms with Crippen LogP contribution in [-0.2, 0) is 6.54 Å². The molecule has 4 heteroatoms. The van der Waals surface area contributed by atoms with Crippen LogP contribution in [0.2, 0.25) is 0 Å². The maximum atomic E-state index is 9.95. The number of anilines is 1. The van der Waals surface area contributed by atoms with Crippen LogP contribution in [0, 0.1) is 6.92 Å². The summed E-state index contributed by atoms with van der Waals surface area (Å²) in [5, 5.41) is 13.2. The third kappa shape index (κ3) is 2.71. The molecule has 1 heterocycles. The van der Waals surface area contributed by atoms with E-state index in [-0.39, 0.29) is 5.75 Å². The molecular formula is C14H17N2O2+. The highest BCUT2D eigenvalue weighted by Gasteiger charge is 2.09. The van der Waals surface area contributed by atoms with Crippen LogP contribution in [0.3, 0.4) is 0 Å². The van der Waals surface area contributed by atoms with Gasteiger partial charge in [-0.3, -0.25) is 5.32 Å². The van der Waals surface area contributed by atoms with Crippen molar-refractivity contribution in [1.29, 1.82) is 0 Å². The molecule has 0 aliphatic carbocycles. The van der Waals surface area contributed by atoms with Crippen molar-refractivity contribution in [2.75, 3.05) is 12.4 Å². The van der Waals surface area contributed by atoms with Gasteiger partial charge in [0.25, 0.3) is 5.82 Å². The topological polar surface area (TPSA) is 55.6 Å². The van der Waals surface area contributed by atoms with Crippen LogP contribution >= 0.6 is 0 Å². The average molecular weight is 245 g/mol. The van der Waals surface area contributed by atoms with Gasteiger partial charge in [0.2, 0.25) is 0 Å². The third-order valence-corrected chi connectivity index (χ3v) is 2.71. The molecule has 0 aliphatic rings. The van der Waals surface area contributed by atoms with Crippen molar-refractivity contribution in [3.8, 4) is 11.5 Å². The van der Waals surface area contributed by atoms with Crippen molar-refractivity contribution >= 4 is 5.82 Å². The molecule has 3 N–H and O–H groups in total. The minimum absolute atomic E-state index is 0.181. The summed E-state index contributed by atoms with van der Waals surface area (Å²) in [7, 11) is 1.54. The van der Waals surface area contributed by atoms with Crippen molar-refractivity contribution < 1.29 is 14.8 Å². The molecule has 0 saturated heterocycles. The molecule has 0 radical (unpaired) electrons. The lowest BCUT2D eigenvalue weighted by molar-refractivity contribution is -0.371. The molecule has 94 valence electrons. The number of aryl methyl sites for hydroxylation is 1. The molecule has 0 amide bonds. The van der Waals surface area contributed by atoms with Crippen LogP contribution in [0.15, 0.2) is 36.4 Å². The Balaban J connectivity index is 2.11. The summed E-state index contributed by atoms with van der Waals surface area (Å²) >= 11 is 0. The van der Waals surface area contributed by atoms with Crippen LogP contribution < -0.4 is 15.0 Å². The zero-order valence-electron chi connectivity index (χ0n) is 10.5. The molecule has 18 heavy (non-hydrogen) atoms. The number of aromatic nitrogens is 1. The number of methoxy groups -OCH3 is 1. The first-order valence-corrected chi connectivity index (χ1v) is 5.78. The van der Waals surface area contributed by atoms with Crippen molar-refractivity contribution in [3.63, 3.8) is 0 Å². The van der Waals surface area contributed by atoms with E-state index in [0.29, 0.717) is 12.3 Å². The smallest absolute Gasteiger partial charge is 0.272 e. The highest BCUT2D eigenvalue weighted by Crippen LogP contribution is 2.29. The van der Waals surface area contributed by atoms with E-state index in [9.17, 15) is 5.11 Å². The fraction of sp³-hybridized carbons (Fsp3) is 0.214. The van der Waals surface area contributed by atoms with Crippen LogP contribution in [0.25, 0.3) is 0 Å². The number of aromatic hydroxyl groups is 1. The third-order valence-electron chi connectivity index (χ3n) is 2.71. The lowest BCUT2D eigenvalue weighted by atomic mass is 10.2. The Kier molecular flexibility index (Phi) is 3.67. The number of nitrogens with one attached hydrogen (secondary N) is 2. The minimum atomic E-state index is 0.181. The summed E-state index contributed by atoms with van der Waals surface area (Å²) in [4.78, 5) is 3.20. The Morgan fingerprint density at radius 1 is 1.22 bits per heavy atom. The van der Waals surface area contributed by atoms with Gasteiger partial charge in [0, 0.05) is 11.6 Å². The number of pyridine rings is 1. The number of hydrogen-bond acceptors (Lipinski definition) is 3. The molecule has 1 aromatic heterocycles. The maximum Gasteiger partial charge on any atom is 0.272 e. The second-order valence-corrected chi connectivity index (χ2v) is 4.07. The second-order valence-electron chi connectivity index (χ2n) is 4.07. The molecule has 4 nitrogen and oxygen atoms in total. The van der Waals surface area contributed by atoms with Crippen LogP contribution in [-0.4, -0.2) is 12.2 Å². The van der Waals surface area contributed by atoms with E-state index in [1.54, 1.807) is 13.2 Å². The summed E-state index contributed by atoms with van der Waals surface area (Å²) in [5.74, 6) is 1.58. The predicted octanol–water partition coefficient (Wildman–Crippen LogP) is 2.14. The van der Waals surface area contributed by atoms with Gasteiger partial charge in [-0.2, -0.15) is 0 Å². The Hall–Kier alpha value is -2.23. The first-order chi connectivity index (χ1) is 8.70. The molecule has 0 bridgehead atoms. The lowest BCUT2D eigenvalue weighted by Gasteiger charge is -2.07. The number of phenols is 1. The van der Waals surface area contributed by atoms with E-state index >= 15 is 0 Å². The Morgan fingerprint density at radius 3 is 2.72 bits per heavy atom. The summed E-state index contributed by atoms with van der Waals surface area (Å²) in [6.07, 6.45) is 0. The van der Waals surface area contributed by atoms with Crippen molar-refractivity contribution in [2.45, 2.75) is 13.5 Å². The van der Waals surface area contributed by atoms with E-state index < -0.39 is 0 Å². The average Bonchev–Trinajstić information content (AvgIpc) is 2.38. The molecular weight excluding hydrogens is 228 g/mol. The van der Waals surface area contributed by atoms with Gasteiger partial charge < -0.3 is 9.84 Å². The molecule has 0 unspecified atom stereocenters. The van der Waals surface area contributed by atoms with Crippen molar-refractivity contribution in [2.24, 2.45) is 0 Å². The number of H-pyrrole nitrogens is 1. The first kappa shape index (κ1) is 12.2. The summed E-state index contributed by atoms with van der Waals surface area (Å²) in [6.45, 7) is 2.52. The second kappa shape index (κ2) is 5.40. The van der Waals surface area contributed by atoms with Gasteiger partial charge in [0.15, 0.2) is 11.5 Å². The molecule has 1 aromatic carbocycles. The van der Waals surface area contributed by atoms with E-state index in [4.69, 9.17) is 4.74 Å². The zero-order valence-corrected chi connectivity index (χ0v) is 10.5. The number of hydrogen-bond donors (Lipinski definition) is 2. The van der Waals surface area contributed by atoms with E-state index in [1.165, 1.54) is 0 Å². The fourth-order valence-electron chi connectivity index (χ4n) is 1.75. The first-order valence-electron chi connectivity index (χ1n) is 5.78. The standard InChI is InChI=1S/C14H16N2O2/c1-10-5-3-8-13(16-10)15-9-11-6-4-7-12(18-2)14(11)17/h3-8,17H,9H2,1-2H3,(H,15,16)/p+1. The van der Waals surface area contributed by atoms with Crippen LogP contribution in [0.4, 0.5) is 5.82 Å². The Bertz CT molecular complexity index is 541. The molecule has 0 spiro atoms. The highest BCUT2D eigenvalue weighted by molar-refractivity contribution is 5.46. The normalized spacial score (nSPS) is 10.1. The van der Waals surface area contributed by atoms with Crippen LogP contribution in [0.1, 0.15) is 11.3 Å². The minimum Gasteiger partial charge on any atom is -0.504 e. The summed E-state index contributed by atoms with van der Waals surface area (Å²) in [6, 6.07) is 11.4. The highest BCUT2D eigenvalue weighted by atomic mass is 16.5. The molecule has 2 aromatic rings. The van der Waals surface area contributed by atoms with Gasteiger partial charge in [-0.05, 0) is 19.1 Å². The Labute approximate surface area is 106 Å². The quantitative estimate of drug-likeness (QED) is 0.867. The molecule has 0 saturated carbocycles.